The molecule has 1 saturated heterocycles. The molecule has 3 aromatic heterocycles. The van der Waals surface area contributed by atoms with Crippen molar-refractivity contribution in [1.29, 1.82) is 0 Å². The van der Waals surface area contributed by atoms with Gasteiger partial charge in [0.1, 0.15) is 5.69 Å². The van der Waals surface area contributed by atoms with Crippen molar-refractivity contribution >= 4 is 11.6 Å². The Balaban J connectivity index is 1.32. The maximum absolute atomic E-state index is 12.8. The number of amides is 1. The molecular formula is C20H24N6O3. The molecule has 0 bridgehead atoms. The van der Waals surface area contributed by atoms with Gasteiger partial charge in [-0.25, -0.2) is 14.2 Å². The zero-order valence-electron chi connectivity index (χ0n) is 16.6. The Morgan fingerprint density at radius 2 is 1.97 bits per heavy atom. The average molecular weight is 396 g/mol. The van der Waals surface area contributed by atoms with E-state index in [9.17, 15) is 9.59 Å². The molecule has 4 rings (SSSR count). The van der Waals surface area contributed by atoms with Gasteiger partial charge in [-0.05, 0) is 44.7 Å². The molecule has 1 amide bonds. The molecule has 9 nitrogen and oxygen atoms in total. The van der Waals surface area contributed by atoms with Crippen LogP contribution >= 0.6 is 0 Å². The Kier molecular flexibility index (Phi) is 5.28. The molecule has 9 heteroatoms. The summed E-state index contributed by atoms with van der Waals surface area (Å²) in [5, 5.41) is 8.60. The molecule has 3 aromatic rings. The molecule has 1 aliphatic heterocycles. The van der Waals surface area contributed by atoms with E-state index < -0.39 is 0 Å². The minimum atomic E-state index is -0.199. The summed E-state index contributed by atoms with van der Waals surface area (Å²) in [5.41, 5.74) is 0.891. The lowest BCUT2D eigenvalue weighted by molar-refractivity contribution is 0.0650. The first-order valence-corrected chi connectivity index (χ1v) is 9.83. The van der Waals surface area contributed by atoms with Crippen LogP contribution in [0.15, 0.2) is 41.5 Å². The van der Waals surface area contributed by atoms with Gasteiger partial charge in [0.15, 0.2) is 5.65 Å². The molecule has 4 heterocycles. The number of fused-ring (bicyclic) bond motifs is 1. The second kappa shape index (κ2) is 8.02. The Bertz CT molecular complexity index is 1070. The molecule has 152 valence electrons. The maximum Gasteiger partial charge on any atom is 0.274 e. The summed E-state index contributed by atoms with van der Waals surface area (Å²) < 4.78 is 8.87. The van der Waals surface area contributed by atoms with Crippen molar-refractivity contribution in [2.24, 2.45) is 5.92 Å². The number of imidazole rings is 1. The van der Waals surface area contributed by atoms with Crippen LogP contribution in [0.5, 0.6) is 5.88 Å². The average Bonchev–Trinajstić information content (AvgIpc) is 3.20. The van der Waals surface area contributed by atoms with Crippen molar-refractivity contribution in [3.63, 3.8) is 0 Å². The lowest BCUT2D eigenvalue weighted by atomic mass is 9.97. The van der Waals surface area contributed by atoms with Crippen LogP contribution in [0.3, 0.4) is 0 Å². The molecule has 0 spiro atoms. The molecule has 0 atom stereocenters. The van der Waals surface area contributed by atoms with Crippen molar-refractivity contribution in [2.45, 2.75) is 32.7 Å². The number of likely N-dealkylation sites (tertiary alicyclic amines) is 1. The molecule has 0 aromatic carbocycles. The first kappa shape index (κ1) is 19.1. The number of piperidine rings is 1. The fourth-order valence-electron chi connectivity index (χ4n) is 3.45. The van der Waals surface area contributed by atoms with E-state index in [0.29, 0.717) is 37.2 Å². The number of carbonyl (C=O) groups is 1. The van der Waals surface area contributed by atoms with E-state index in [-0.39, 0.29) is 17.5 Å². The summed E-state index contributed by atoms with van der Waals surface area (Å²) in [6, 6.07) is 6.51. The topological polar surface area (TPSA) is 94.6 Å². The highest BCUT2D eigenvalue weighted by atomic mass is 16.5. The molecule has 1 fully saturated rings. The Morgan fingerprint density at radius 3 is 2.72 bits per heavy atom. The number of ether oxygens (including phenoxy) is 1. The van der Waals surface area contributed by atoms with Crippen molar-refractivity contribution in [3.8, 4) is 5.88 Å². The summed E-state index contributed by atoms with van der Waals surface area (Å²) in [7, 11) is 0. The van der Waals surface area contributed by atoms with E-state index in [1.54, 1.807) is 21.8 Å². The Labute approximate surface area is 167 Å². The fourth-order valence-corrected chi connectivity index (χ4v) is 3.45. The highest BCUT2D eigenvalue weighted by molar-refractivity contribution is 5.92. The summed E-state index contributed by atoms with van der Waals surface area (Å²) in [4.78, 5) is 30.6. The molecule has 0 N–H and O–H groups in total. The van der Waals surface area contributed by atoms with E-state index in [0.717, 1.165) is 18.5 Å². The molecule has 0 saturated carbocycles. The van der Waals surface area contributed by atoms with Crippen LogP contribution in [-0.4, -0.2) is 54.9 Å². The SMILES string of the molecule is CC(C)n1nc(C(=O)N2CCC(COc3ccc4nccn4n3)CC2)ccc1=O. The van der Waals surface area contributed by atoms with Gasteiger partial charge in [0.05, 0.1) is 12.6 Å². The van der Waals surface area contributed by atoms with E-state index in [1.165, 1.54) is 16.8 Å². The normalized spacial score (nSPS) is 15.2. The maximum atomic E-state index is 12.8. The van der Waals surface area contributed by atoms with E-state index in [2.05, 4.69) is 15.2 Å². The predicted molar refractivity (Wildman–Crippen MR) is 106 cm³/mol. The summed E-state index contributed by atoms with van der Waals surface area (Å²) in [6.07, 6.45) is 5.18. The van der Waals surface area contributed by atoms with E-state index in [1.807, 2.05) is 26.0 Å². The third-order valence-electron chi connectivity index (χ3n) is 5.13. The van der Waals surface area contributed by atoms with Crippen LogP contribution in [0, 0.1) is 5.92 Å². The molecule has 0 unspecified atom stereocenters. The van der Waals surface area contributed by atoms with E-state index in [4.69, 9.17) is 4.74 Å². The minimum absolute atomic E-state index is 0.0895. The third-order valence-corrected chi connectivity index (χ3v) is 5.13. The molecule has 0 radical (unpaired) electrons. The highest BCUT2D eigenvalue weighted by Crippen LogP contribution is 2.20. The summed E-state index contributed by atoms with van der Waals surface area (Å²) in [5.74, 6) is 0.789. The van der Waals surface area contributed by atoms with E-state index >= 15 is 0 Å². The van der Waals surface area contributed by atoms with Gasteiger partial charge in [-0.1, -0.05) is 0 Å². The number of hydrogen-bond donors (Lipinski definition) is 0. The standard InChI is InChI=1S/C20H24N6O3/c1-14(2)26-19(27)6-3-16(22-26)20(28)24-10-7-15(8-11-24)13-29-18-5-4-17-21-9-12-25(17)23-18/h3-6,9,12,14-15H,7-8,10-11,13H2,1-2H3. The van der Waals surface area contributed by atoms with Crippen LogP contribution in [0.25, 0.3) is 5.65 Å². The monoisotopic (exact) mass is 396 g/mol. The largest absolute Gasteiger partial charge is 0.476 e. The van der Waals surface area contributed by atoms with Crippen LogP contribution in [-0.2, 0) is 0 Å². The Morgan fingerprint density at radius 1 is 1.17 bits per heavy atom. The third kappa shape index (κ3) is 4.13. The van der Waals surface area contributed by atoms with Gasteiger partial charge < -0.3 is 9.64 Å². The van der Waals surface area contributed by atoms with Crippen molar-refractivity contribution in [3.05, 3.63) is 52.7 Å². The van der Waals surface area contributed by atoms with Gasteiger partial charge in [0.2, 0.25) is 5.88 Å². The van der Waals surface area contributed by atoms with Gasteiger partial charge in [0.25, 0.3) is 11.5 Å². The van der Waals surface area contributed by atoms with Crippen LogP contribution in [0.4, 0.5) is 0 Å². The molecule has 29 heavy (non-hydrogen) atoms. The molecule has 1 aliphatic rings. The predicted octanol–water partition coefficient (Wildman–Crippen LogP) is 1.80. The van der Waals surface area contributed by atoms with Crippen LogP contribution in [0.1, 0.15) is 43.2 Å². The lowest BCUT2D eigenvalue weighted by Crippen LogP contribution is -2.41. The second-order valence-electron chi connectivity index (χ2n) is 7.54. The number of rotatable bonds is 5. The second-order valence-corrected chi connectivity index (χ2v) is 7.54. The zero-order valence-corrected chi connectivity index (χ0v) is 16.6. The first-order valence-electron chi connectivity index (χ1n) is 9.83. The van der Waals surface area contributed by atoms with Crippen molar-refractivity contribution < 1.29 is 9.53 Å². The first-order chi connectivity index (χ1) is 14.0. The number of nitrogens with zero attached hydrogens (tertiary/aromatic N) is 6. The van der Waals surface area contributed by atoms with Gasteiger partial charge in [-0.3, -0.25) is 9.59 Å². The number of hydrogen-bond acceptors (Lipinski definition) is 6. The number of aromatic nitrogens is 5. The van der Waals surface area contributed by atoms with Gasteiger partial charge in [-0.2, -0.15) is 5.10 Å². The minimum Gasteiger partial charge on any atom is -0.476 e. The molecular weight excluding hydrogens is 372 g/mol. The smallest absolute Gasteiger partial charge is 0.274 e. The van der Waals surface area contributed by atoms with Gasteiger partial charge in [-0.15, -0.1) is 5.10 Å². The van der Waals surface area contributed by atoms with Crippen molar-refractivity contribution in [1.82, 2.24) is 29.3 Å². The quantitative estimate of drug-likeness (QED) is 0.653. The van der Waals surface area contributed by atoms with Crippen LogP contribution < -0.4 is 10.3 Å². The summed E-state index contributed by atoms with van der Waals surface area (Å²) >= 11 is 0. The molecule has 0 aliphatic carbocycles. The van der Waals surface area contributed by atoms with Gasteiger partial charge in [0, 0.05) is 37.6 Å². The summed E-state index contributed by atoms with van der Waals surface area (Å²) in [6.45, 7) is 5.58. The van der Waals surface area contributed by atoms with Crippen molar-refractivity contribution in [2.75, 3.05) is 19.7 Å². The number of carbonyl (C=O) groups excluding carboxylic acids is 1. The fraction of sp³-hybridized carbons (Fsp3) is 0.450. The highest BCUT2D eigenvalue weighted by Gasteiger charge is 2.25. The Hall–Kier alpha value is -3.23. The zero-order chi connectivity index (χ0) is 20.4. The van der Waals surface area contributed by atoms with Crippen LogP contribution in [0.2, 0.25) is 0 Å². The van der Waals surface area contributed by atoms with Gasteiger partial charge >= 0.3 is 0 Å². The lowest BCUT2D eigenvalue weighted by Gasteiger charge is -2.31.